The van der Waals surface area contributed by atoms with E-state index in [9.17, 15) is 17.2 Å². The zero-order valence-electron chi connectivity index (χ0n) is 15.3. The van der Waals surface area contributed by atoms with E-state index >= 15 is 0 Å². The molecule has 0 saturated carbocycles. The first-order valence-electron chi connectivity index (χ1n) is 8.99. The molecule has 0 amide bonds. The highest BCUT2D eigenvalue weighted by Crippen LogP contribution is 2.25. The van der Waals surface area contributed by atoms with Crippen molar-refractivity contribution >= 4 is 26.5 Å². The first-order valence-corrected chi connectivity index (χ1v) is 11.2. The Morgan fingerprint density at radius 2 is 1.45 bits per heavy atom. The van der Waals surface area contributed by atoms with Gasteiger partial charge in [0.05, 0.1) is 4.90 Å². The summed E-state index contributed by atoms with van der Waals surface area (Å²) in [7, 11) is -3.65. The van der Waals surface area contributed by atoms with Crippen LogP contribution in [0.3, 0.4) is 0 Å². The first-order chi connectivity index (χ1) is 13.9. The van der Waals surface area contributed by atoms with Crippen molar-refractivity contribution in [2.24, 2.45) is 0 Å². The smallest absolute Gasteiger partial charge is 0.243 e. The molecule has 0 radical (unpaired) electrons. The Labute approximate surface area is 171 Å². The van der Waals surface area contributed by atoms with Crippen molar-refractivity contribution in [3.63, 3.8) is 0 Å². The van der Waals surface area contributed by atoms with Crippen LogP contribution in [0.2, 0.25) is 0 Å². The number of sulfonamides is 1. The van der Waals surface area contributed by atoms with Crippen molar-refractivity contribution in [2.75, 3.05) is 31.1 Å². The highest BCUT2D eigenvalue weighted by molar-refractivity contribution is 7.89. The predicted molar refractivity (Wildman–Crippen MR) is 106 cm³/mol. The third-order valence-corrected chi connectivity index (χ3v) is 7.58. The van der Waals surface area contributed by atoms with Gasteiger partial charge in [0.1, 0.15) is 16.6 Å². The monoisotopic (exact) mass is 436 g/mol. The molecule has 2 aromatic carbocycles. The zero-order chi connectivity index (χ0) is 20.4. The number of hydrogen-bond acceptors (Lipinski definition) is 6. The lowest BCUT2D eigenvalue weighted by Gasteiger charge is -2.33. The van der Waals surface area contributed by atoms with E-state index in [-0.39, 0.29) is 10.7 Å². The van der Waals surface area contributed by atoms with Crippen LogP contribution in [-0.4, -0.2) is 49.1 Å². The van der Waals surface area contributed by atoms with Gasteiger partial charge in [0.15, 0.2) is 0 Å². The second-order valence-electron chi connectivity index (χ2n) is 6.63. The van der Waals surface area contributed by atoms with Crippen molar-refractivity contribution in [1.82, 2.24) is 14.5 Å². The highest BCUT2D eigenvalue weighted by Gasteiger charge is 2.29. The summed E-state index contributed by atoms with van der Waals surface area (Å²) in [6.07, 6.45) is 0.566. The number of rotatable bonds is 5. The molecule has 152 valence electrons. The quantitative estimate of drug-likeness (QED) is 0.615. The summed E-state index contributed by atoms with van der Waals surface area (Å²) in [6.45, 7) is 1.61. The fourth-order valence-electron chi connectivity index (χ4n) is 3.10. The first kappa shape index (κ1) is 19.9. The van der Waals surface area contributed by atoms with Crippen molar-refractivity contribution in [3.05, 3.63) is 70.7 Å². The average Bonchev–Trinajstić information content (AvgIpc) is 3.19. The maximum Gasteiger partial charge on any atom is 0.243 e. The van der Waals surface area contributed by atoms with Crippen LogP contribution in [-0.2, 0) is 16.4 Å². The fourth-order valence-corrected chi connectivity index (χ4v) is 5.44. The number of piperazine rings is 1. The summed E-state index contributed by atoms with van der Waals surface area (Å²) < 4.78 is 52.9. The summed E-state index contributed by atoms with van der Waals surface area (Å²) in [5, 5.41) is 9.97. The lowest BCUT2D eigenvalue weighted by atomic mass is 10.2. The standard InChI is InChI=1S/C19H18F2N4O2S2/c20-15-3-1-14(2-4-15)13-18-22-23-19(28-18)24-9-11-25(12-10-24)29(26,27)17-7-5-16(21)6-8-17/h1-8H,9-13H2. The minimum atomic E-state index is -3.65. The van der Waals surface area contributed by atoms with Crippen molar-refractivity contribution < 1.29 is 17.2 Å². The Bertz CT molecular complexity index is 1080. The SMILES string of the molecule is O=S(=O)(c1ccc(F)cc1)N1CCN(c2nnc(Cc3ccc(F)cc3)s2)CC1. The Kier molecular flexibility index (Phi) is 5.57. The summed E-state index contributed by atoms with van der Waals surface area (Å²) in [5.74, 6) is -0.748. The van der Waals surface area contributed by atoms with Gasteiger partial charge < -0.3 is 4.90 Å². The molecule has 0 bridgehead atoms. The lowest BCUT2D eigenvalue weighted by molar-refractivity contribution is 0.384. The molecule has 1 aromatic heterocycles. The second kappa shape index (κ2) is 8.13. The molecule has 29 heavy (non-hydrogen) atoms. The van der Waals surface area contributed by atoms with E-state index in [0.29, 0.717) is 32.6 Å². The zero-order valence-corrected chi connectivity index (χ0v) is 17.0. The molecule has 0 aliphatic carbocycles. The van der Waals surface area contributed by atoms with Crippen LogP contribution in [0.15, 0.2) is 53.4 Å². The number of halogens is 2. The van der Waals surface area contributed by atoms with Gasteiger partial charge >= 0.3 is 0 Å². The predicted octanol–water partition coefficient (Wildman–Crippen LogP) is 2.92. The molecule has 1 fully saturated rings. The Morgan fingerprint density at radius 3 is 2.07 bits per heavy atom. The van der Waals surface area contributed by atoms with Gasteiger partial charge in [0.25, 0.3) is 0 Å². The number of anilines is 1. The molecule has 0 spiro atoms. The van der Waals surface area contributed by atoms with E-state index in [1.54, 1.807) is 12.1 Å². The second-order valence-corrected chi connectivity index (χ2v) is 9.61. The normalized spacial score (nSPS) is 15.6. The Morgan fingerprint density at radius 1 is 0.862 bits per heavy atom. The van der Waals surface area contributed by atoms with E-state index in [4.69, 9.17) is 0 Å². The van der Waals surface area contributed by atoms with E-state index < -0.39 is 15.8 Å². The average molecular weight is 437 g/mol. The Hall–Kier alpha value is -2.43. The van der Waals surface area contributed by atoms with Gasteiger partial charge in [-0.3, -0.25) is 0 Å². The van der Waals surface area contributed by atoms with E-state index in [1.807, 2.05) is 4.90 Å². The van der Waals surface area contributed by atoms with Crippen LogP contribution in [0.4, 0.5) is 13.9 Å². The molecule has 0 atom stereocenters. The van der Waals surface area contributed by atoms with Crippen LogP contribution < -0.4 is 4.90 Å². The van der Waals surface area contributed by atoms with Gasteiger partial charge in [-0.05, 0) is 42.0 Å². The maximum atomic E-state index is 13.1. The molecule has 10 heteroatoms. The molecule has 1 aliphatic heterocycles. The molecular formula is C19H18F2N4O2S2. The molecular weight excluding hydrogens is 418 g/mol. The number of nitrogens with zero attached hydrogens (tertiary/aromatic N) is 4. The van der Waals surface area contributed by atoms with Crippen molar-refractivity contribution in [2.45, 2.75) is 11.3 Å². The largest absolute Gasteiger partial charge is 0.344 e. The highest BCUT2D eigenvalue weighted by atomic mass is 32.2. The Balaban J connectivity index is 1.39. The number of benzene rings is 2. The third kappa shape index (κ3) is 4.44. The van der Waals surface area contributed by atoms with Gasteiger partial charge in [-0.2, -0.15) is 4.31 Å². The molecule has 1 saturated heterocycles. The van der Waals surface area contributed by atoms with E-state index in [0.717, 1.165) is 27.8 Å². The molecule has 1 aliphatic rings. The van der Waals surface area contributed by atoms with Gasteiger partial charge in [-0.25, -0.2) is 17.2 Å². The third-order valence-electron chi connectivity index (χ3n) is 4.69. The molecule has 0 unspecified atom stereocenters. The number of aromatic nitrogens is 2. The fraction of sp³-hybridized carbons (Fsp3) is 0.263. The summed E-state index contributed by atoms with van der Waals surface area (Å²) in [5.41, 5.74) is 0.948. The minimum Gasteiger partial charge on any atom is -0.344 e. The van der Waals surface area contributed by atoms with Gasteiger partial charge in [0, 0.05) is 32.6 Å². The number of hydrogen-bond donors (Lipinski definition) is 0. The van der Waals surface area contributed by atoms with Crippen LogP contribution in [0, 0.1) is 11.6 Å². The van der Waals surface area contributed by atoms with Gasteiger partial charge in [-0.15, -0.1) is 10.2 Å². The van der Waals surface area contributed by atoms with Gasteiger partial charge in [-0.1, -0.05) is 23.5 Å². The summed E-state index contributed by atoms with van der Waals surface area (Å²) >= 11 is 1.45. The van der Waals surface area contributed by atoms with Crippen LogP contribution in [0.1, 0.15) is 10.6 Å². The van der Waals surface area contributed by atoms with E-state index in [2.05, 4.69) is 10.2 Å². The van der Waals surface area contributed by atoms with Gasteiger partial charge in [0.2, 0.25) is 15.2 Å². The van der Waals surface area contributed by atoms with Crippen LogP contribution >= 0.6 is 11.3 Å². The molecule has 0 N–H and O–H groups in total. The topological polar surface area (TPSA) is 66.4 Å². The maximum absolute atomic E-state index is 13.1. The molecule has 6 nitrogen and oxygen atoms in total. The molecule has 4 rings (SSSR count). The van der Waals surface area contributed by atoms with Crippen molar-refractivity contribution in [1.29, 1.82) is 0 Å². The van der Waals surface area contributed by atoms with Crippen LogP contribution in [0.5, 0.6) is 0 Å². The van der Waals surface area contributed by atoms with E-state index in [1.165, 1.54) is 39.9 Å². The van der Waals surface area contributed by atoms with Crippen molar-refractivity contribution in [3.8, 4) is 0 Å². The summed E-state index contributed by atoms with van der Waals surface area (Å²) in [6, 6.07) is 11.1. The molecule has 3 aromatic rings. The molecule has 2 heterocycles. The summed E-state index contributed by atoms with van der Waals surface area (Å²) in [4.78, 5) is 2.09. The van der Waals surface area contributed by atoms with Crippen LogP contribution in [0.25, 0.3) is 0 Å². The lowest BCUT2D eigenvalue weighted by Crippen LogP contribution is -2.48. The minimum absolute atomic E-state index is 0.0878.